The van der Waals surface area contributed by atoms with Gasteiger partial charge in [0.2, 0.25) is 5.43 Å². The highest BCUT2D eigenvalue weighted by Crippen LogP contribution is 2.19. The van der Waals surface area contributed by atoms with Gasteiger partial charge in [-0.1, -0.05) is 60.1 Å². The van der Waals surface area contributed by atoms with Crippen molar-refractivity contribution in [2.45, 2.75) is 0 Å². The van der Waals surface area contributed by atoms with E-state index in [2.05, 4.69) is 36.7 Å². The fraction of sp³-hybridized carbons (Fsp3) is 0. The lowest BCUT2D eigenvalue weighted by Crippen LogP contribution is -2.13. The number of hydrogen-bond donors (Lipinski definition) is 2. The SMILES string of the molecule is O=c1c(-c2ccccc2)n[nH]c(N/N=C/c2ccccc2Cl)c1Br. The van der Waals surface area contributed by atoms with Gasteiger partial charge in [-0.15, -0.1) is 0 Å². The summed E-state index contributed by atoms with van der Waals surface area (Å²) in [5, 5.41) is 11.6. The van der Waals surface area contributed by atoms with E-state index in [0.717, 1.165) is 11.1 Å². The Balaban J connectivity index is 1.84. The van der Waals surface area contributed by atoms with Crippen molar-refractivity contribution < 1.29 is 0 Å². The number of hydrazone groups is 1. The van der Waals surface area contributed by atoms with Crippen molar-refractivity contribution in [3.63, 3.8) is 0 Å². The summed E-state index contributed by atoms with van der Waals surface area (Å²) in [7, 11) is 0. The second-order valence-corrected chi connectivity index (χ2v) is 6.05. The molecule has 0 radical (unpaired) electrons. The molecule has 0 bridgehead atoms. The lowest BCUT2D eigenvalue weighted by Gasteiger charge is -2.05. The summed E-state index contributed by atoms with van der Waals surface area (Å²) in [5.74, 6) is 0.364. The molecular weight excluding hydrogens is 392 g/mol. The second-order valence-electron chi connectivity index (χ2n) is 4.85. The van der Waals surface area contributed by atoms with Gasteiger partial charge in [0.1, 0.15) is 10.2 Å². The quantitative estimate of drug-likeness (QED) is 0.504. The molecule has 0 fully saturated rings. The molecule has 120 valence electrons. The molecule has 2 N–H and O–H groups in total. The summed E-state index contributed by atoms with van der Waals surface area (Å²) in [5.41, 5.74) is 4.37. The highest BCUT2D eigenvalue weighted by molar-refractivity contribution is 9.10. The number of rotatable bonds is 4. The van der Waals surface area contributed by atoms with E-state index in [-0.39, 0.29) is 5.43 Å². The molecule has 3 aromatic rings. The number of benzene rings is 2. The molecule has 0 aliphatic rings. The largest absolute Gasteiger partial charge is 0.286 e. The number of aromatic nitrogens is 2. The van der Waals surface area contributed by atoms with Crippen LogP contribution in [0.4, 0.5) is 5.82 Å². The first-order valence-corrected chi connectivity index (χ1v) is 8.21. The zero-order valence-electron chi connectivity index (χ0n) is 12.3. The van der Waals surface area contributed by atoms with Gasteiger partial charge in [-0.2, -0.15) is 10.2 Å². The maximum absolute atomic E-state index is 12.4. The van der Waals surface area contributed by atoms with Crippen molar-refractivity contribution in [3.8, 4) is 11.3 Å². The van der Waals surface area contributed by atoms with Crippen LogP contribution in [0.2, 0.25) is 5.02 Å². The number of hydrogen-bond acceptors (Lipinski definition) is 4. The van der Waals surface area contributed by atoms with Crippen LogP contribution in [0.1, 0.15) is 5.56 Å². The summed E-state index contributed by atoms with van der Waals surface area (Å²) in [6.45, 7) is 0. The Morgan fingerprint density at radius 3 is 2.58 bits per heavy atom. The molecule has 2 aromatic carbocycles. The van der Waals surface area contributed by atoms with Gasteiger partial charge in [-0.25, -0.2) is 0 Å². The minimum absolute atomic E-state index is 0.226. The number of aromatic amines is 1. The summed E-state index contributed by atoms with van der Waals surface area (Å²) < 4.78 is 0.327. The van der Waals surface area contributed by atoms with E-state index in [0.29, 0.717) is 21.0 Å². The van der Waals surface area contributed by atoms with Crippen molar-refractivity contribution >= 4 is 39.6 Å². The van der Waals surface area contributed by atoms with Crippen molar-refractivity contribution in [1.82, 2.24) is 10.2 Å². The molecule has 3 rings (SSSR count). The fourth-order valence-electron chi connectivity index (χ4n) is 2.04. The van der Waals surface area contributed by atoms with Crippen molar-refractivity contribution in [2.24, 2.45) is 5.10 Å². The highest BCUT2D eigenvalue weighted by Gasteiger charge is 2.12. The van der Waals surface area contributed by atoms with Crippen LogP contribution >= 0.6 is 27.5 Å². The van der Waals surface area contributed by atoms with Crippen LogP contribution in [-0.2, 0) is 0 Å². The monoisotopic (exact) mass is 402 g/mol. The van der Waals surface area contributed by atoms with Crippen LogP contribution < -0.4 is 10.9 Å². The minimum atomic E-state index is -0.226. The Labute approximate surface area is 151 Å². The molecule has 0 atom stereocenters. The summed E-state index contributed by atoms with van der Waals surface area (Å²) >= 11 is 9.34. The van der Waals surface area contributed by atoms with Crippen molar-refractivity contribution in [2.75, 3.05) is 5.43 Å². The van der Waals surface area contributed by atoms with E-state index >= 15 is 0 Å². The van der Waals surface area contributed by atoms with Gasteiger partial charge in [0, 0.05) is 16.1 Å². The number of nitrogens with one attached hydrogen (secondary N) is 2. The first-order chi connectivity index (χ1) is 11.7. The first kappa shape index (κ1) is 16.4. The van der Waals surface area contributed by atoms with Gasteiger partial charge in [0.05, 0.1) is 6.21 Å². The predicted molar refractivity (Wildman–Crippen MR) is 101 cm³/mol. The molecule has 0 amide bonds. The lowest BCUT2D eigenvalue weighted by molar-refractivity contribution is 1.01. The molecule has 7 heteroatoms. The van der Waals surface area contributed by atoms with Gasteiger partial charge in [0.25, 0.3) is 0 Å². The van der Waals surface area contributed by atoms with Crippen LogP contribution in [0.25, 0.3) is 11.3 Å². The van der Waals surface area contributed by atoms with E-state index in [1.165, 1.54) is 0 Å². The summed E-state index contributed by atoms with van der Waals surface area (Å²) in [6, 6.07) is 16.5. The van der Waals surface area contributed by atoms with E-state index in [4.69, 9.17) is 11.6 Å². The van der Waals surface area contributed by atoms with Crippen molar-refractivity contribution in [3.05, 3.63) is 79.9 Å². The predicted octanol–water partition coefficient (Wildman–Crippen LogP) is 4.30. The molecule has 1 heterocycles. The maximum atomic E-state index is 12.4. The van der Waals surface area contributed by atoms with Gasteiger partial charge < -0.3 is 0 Å². The third kappa shape index (κ3) is 3.55. The zero-order valence-corrected chi connectivity index (χ0v) is 14.7. The Morgan fingerprint density at radius 2 is 1.83 bits per heavy atom. The van der Waals surface area contributed by atoms with Crippen LogP contribution in [0, 0.1) is 0 Å². The maximum Gasteiger partial charge on any atom is 0.224 e. The molecule has 0 saturated heterocycles. The van der Waals surface area contributed by atoms with Crippen molar-refractivity contribution in [1.29, 1.82) is 0 Å². The summed E-state index contributed by atoms with van der Waals surface area (Å²) in [6.07, 6.45) is 1.57. The Morgan fingerprint density at radius 1 is 1.12 bits per heavy atom. The molecule has 0 aliphatic heterocycles. The molecule has 5 nitrogen and oxygen atoms in total. The third-order valence-electron chi connectivity index (χ3n) is 3.25. The standard InChI is InChI=1S/C17H12BrClN4O/c18-14-16(24)15(11-6-2-1-3-7-11)21-23-17(14)22-20-10-12-8-4-5-9-13(12)19/h1-10H,(H2,22,23,24)/b20-10+. The molecule has 0 aliphatic carbocycles. The molecule has 1 aromatic heterocycles. The van der Waals surface area contributed by atoms with Crippen LogP contribution in [0.3, 0.4) is 0 Å². The van der Waals surface area contributed by atoms with E-state index in [9.17, 15) is 4.79 Å². The van der Waals surface area contributed by atoms with E-state index < -0.39 is 0 Å². The zero-order chi connectivity index (χ0) is 16.9. The third-order valence-corrected chi connectivity index (χ3v) is 4.35. The molecular formula is C17H12BrClN4O. The molecule has 24 heavy (non-hydrogen) atoms. The normalized spacial score (nSPS) is 10.9. The lowest BCUT2D eigenvalue weighted by atomic mass is 10.1. The average molecular weight is 404 g/mol. The van der Waals surface area contributed by atoms with Gasteiger partial charge in [0.15, 0.2) is 5.82 Å². The van der Waals surface area contributed by atoms with Crippen LogP contribution in [-0.4, -0.2) is 16.4 Å². The minimum Gasteiger partial charge on any atom is -0.286 e. The topological polar surface area (TPSA) is 70.1 Å². The Bertz CT molecular complexity index is 941. The fourth-order valence-corrected chi connectivity index (χ4v) is 2.59. The number of H-pyrrole nitrogens is 1. The Hall–Kier alpha value is -2.44. The van der Waals surface area contributed by atoms with Gasteiger partial charge in [-0.3, -0.25) is 15.3 Å². The van der Waals surface area contributed by atoms with Gasteiger partial charge >= 0.3 is 0 Å². The second kappa shape index (κ2) is 7.42. The number of nitrogens with zero attached hydrogens (tertiary/aromatic N) is 2. The molecule has 0 spiro atoms. The van der Waals surface area contributed by atoms with E-state index in [1.54, 1.807) is 12.3 Å². The van der Waals surface area contributed by atoms with Crippen LogP contribution in [0.15, 0.2) is 69.0 Å². The van der Waals surface area contributed by atoms with E-state index in [1.807, 2.05) is 48.5 Å². The first-order valence-electron chi connectivity index (χ1n) is 7.04. The smallest absolute Gasteiger partial charge is 0.224 e. The van der Waals surface area contributed by atoms with Crippen LogP contribution in [0.5, 0.6) is 0 Å². The number of halogens is 2. The Kier molecular flexibility index (Phi) is 5.08. The van der Waals surface area contributed by atoms with Gasteiger partial charge in [-0.05, 0) is 22.0 Å². The average Bonchev–Trinajstić information content (AvgIpc) is 2.61. The molecule has 0 saturated carbocycles. The highest BCUT2D eigenvalue weighted by atomic mass is 79.9. The summed E-state index contributed by atoms with van der Waals surface area (Å²) in [4.78, 5) is 12.4. The number of anilines is 1. The molecule has 0 unspecified atom stereocenters.